The van der Waals surface area contributed by atoms with E-state index in [4.69, 9.17) is 13.9 Å². The topological polar surface area (TPSA) is 27.7 Å². The Labute approximate surface area is 230 Å². The maximum atomic E-state index is 6.75. The van der Waals surface area contributed by atoms with Crippen molar-refractivity contribution in [2.24, 2.45) is 0 Å². The summed E-state index contributed by atoms with van der Waals surface area (Å²) in [6.07, 6.45) is 0.831. The molecule has 0 fully saturated rings. The number of methoxy groups -OCH3 is 2. The van der Waals surface area contributed by atoms with Crippen LogP contribution < -0.4 is 29.8 Å². The summed E-state index contributed by atoms with van der Waals surface area (Å²) in [6.45, 7) is 11.2. The molecule has 0 saturated carbocycles. The van der Waals surface area contributed by atoms with Crippen molar-refractivity contribution in [2.45, 2.75) is 45.1 Å². The molecule has 0 amide bonds. The Kier molecular flexibility index (Phi) is 8.35. The van der Waals surface area contributed by atoms with Crippen LogP contribution in [0.2, 0.25) is 18.1 Å². The van der Waals surface area contributed by atoms with Gasteiger partial charge in [0, 0.05) is 0 Å². The van der Waals surface area contributed by atoms with Gasteiger partial charge in [0.05, 0.1) is 20.4 Å². The lowest BCUT2D eigenvalue weighted by atomic mass is 10.2. The van der Waals surface area contributed by atoms with Gasteiger partial charge in [0.1, 0.15) is 23.2 Å². The van der Waals surface area contributed by atoms with E-state index < -0.39 is 15.6 Å². The van der Waals surface area contributed by atoms with Crippen molar-refractivity contribution in [1.29, 1.82) is 0 Å². The molecular weight excluding hydrogens is 503 g/mol. The molecule has 0 spiro atoms. The Morgan fingerprint density at radius 2 is 1.00 bits per heavy atom. The molecule has 3 nitrogen and oxygen atoms in total. The van der Waals surface area contributed by atoms with E-state index in [1.807, 2.05) is 0 Å². The van der Waals surface area contributed by atoms with E-state index in [0.29, 0.717) is 5.75 Å². The molecule has 0 bridgehead atoms. The number of benzene rings is 4. The second kappa shape index (κ2) is 11.4. The zero-order valence-corrected chi connectivity index (χ0v) is 25.6. The summed E-state index contributed by atoms with van der Waals surface area (Å²) in [5.41, 5.74) is 1.16. The van der Waals surface area contributed by atoms with Gasteiger partial charge in [0.2, 0.25) is 0 Å². The Morgan fingerprint density at radius 3 is 1.32 bits per heavy atom. The third-order valence-electron chi connectivity index (χ3n) is 7.69. The Balaban J connectivity index is 1.93. The highest BCUT2D eigenvalue weighted by Crippen LogP contribution is 2.59. The standard InChI is InChI=1S/C33H40O3PSi/c1-33(2,3)38(6,7)36-32-30(34-4)23-26(24-31(32)35-5)25-37(27-17-11-8-12-18-27,28-19-13-9-14-20-28)29-21-15-10-16-22-29/h8-24H,25H2,1-7H3/q+1. The van der Waals surface area contributed by atoms with E-state index in [1.54, 1.807) is 14.2 Å². The molecule has 0 atom stereocenters. The van der Waals surface area contributed by atoms with Crippen LogP contribution in [0.3, 0.4) is 0 Å². The molecule has 4 aromatic carbocycles. The molecule has 0 saturated heterocycles. The van der Waals surface area contributed by atoms with Gasteiger partial charge in [0.25, 0.3) is 8.32 Å². The van der Waals surface area contributed by atoms with Gasteiger partial charge in [-0.25, -0.2) is 0 Å². The lowest BCUT2D eigenvalue weighted by Gasteiger charge is -2.37. The molecular formula is C33H40O3PSi+. The fourth-order valence-electron chi connectivity index (χ4n) is 4.58. The van der Waals surface area contributed by atoms with E-state index in [0.717, 1.165) is 23.2 Å². The summed E-state index contributed by atoms with van der Waals surface area (Å²) in [5.74, 6) is 2.14. The van der Waals surface area contributed by atoms with Crippen molar-refractivity contribution in [3.8, 4) is 17.2 Å². The molecule has 0 aliphatic rings. The Morgan fingerprint density at radius 1 is 0.632 bits per heavy atom. The maximum Gasteiger partial charge on any atom is 0.250 e. The largest absolute Gasteiger partial charge is 0.539 e. The lowest BCUT2D eigenvalue weighted by Crippen LogP contribution is -2.44. The summed E-state index contributed by atoms with van der Waals surface area (Å²) in [7, 11) is -0.751. The van der Waals surface area contributed by atoms with Gasteiger partial charge in [0.15, 0.2) is 17.2 Å². The van der Waals surface area contributed by atoms with Gasteiger partial charge in [-0.1, -0.05) is 75.4 Å². The first-order valence-corrected chi connectivity index (χ1v) is 18.0. The highest BCUT2D eigenvalue weighted by atomic mass is 31.2. The van der Waals surface area contributed by atoms with Crippen LogP contribution in [-0.2, 0) is 6.16 Å². The zero-order valence-electron chi connectivity index (χ0n) is 23.7. The monoisotopic (exact) mass is 543 g/mol. The fraction of sp³-hybridized carbons (Fsp3) is 0.273. The van der Waals surface area contributed by atoms with Crippen molar-refractivity contribution < 1.29 is 13.9 Å². The third-order valence-corrected chi connectivity index (χ3v) is 16.4. The van der Waals surface area contributed by atoms with Crippen LogP contribution in [0.25, 0.3) is 0 Å². The highest BCUT2D eigenvalue weighted by Gasteiger charge is 2.46. The van der Waals surface area contributed by atoms with Gasteiger partial charge < -0.3 is 13.9 Å². The molecule has 0 N–H and O–H groups in total. The van der Waals surface area contributed by atoms with Crippen LogP contribution in [-0.4, -0.2) is 22.5 Å². The number of hydrogen-bond donors (Lipinski definition) is 0. The summed E-state index contributed by atoms with van der Waals surface area (Å²) < 4.78 is 18.6. The molecule has 0 radical (unpaired) electrons. The van der Waals surface area contributed by atoms with Gasteiger partial charge in [-0.2, -0.15) is 0 Å². The molecule has 198 valence electrons. The van der Waals surface area contributed by atoms with Gasteiger partial charge in [-0.05, 0) is 72.2 Å². The zero-order chi connectivity index (χ0) is 27.4. The van der Waals surface area contributed by atoms with Crippen LogP contribution in [0.15, 0.2) is 103 Å². The first kappa shape index (κ1) is 27.9. The second-order valence-corrected chi connectivity index (χ2v) is 19.4. The fourth-order valence-corrected chi connectivity index (χ4v) is 9.81. The van der Waals surface area contributed by atoms with Crippen molar-refractivity contribution in [3.63, 3.8) is 0 Å². The van der Waals surface area contributed by atoms with E-state index >= 15 is 0 Å². The predicted molar refractivity (Wildman–Crippen MR) is 166 cm³/mol. The van der Waals surface area contributed by atoms with E-state index in [-0.39, 0.29) is 5.04 Å². The molecule has 0 unspecified atom stereocenters. The normalized spacial score (nSPS) is 12.2. The van der Waals surface area contributed by atoms with Crippen LogP contribution in [0.4, 0.5) is 0 Å². The molecule has 0 aliphatic carbocycles. The Bertz CT molecular complexity index is 1210. The molecule has 4 rings (SSSR count). The van der Waals surface area contributed by atoms with Gasteiger partial charge in [-0.3, -0.25) is 0 Å². The summed E-state index contributed by atoms with van der Waals surface area (Å²) >= 11 is 0. The molecule has 5 heteroatoms. The van der Waals surface area contributed by atoms with Gasteiger partial charge >= 0.3 is 0 Å². The van der Waals surface area contributed by atoms with E-state index in [1.165, 1.54) is 15.9 Å². The lowest BCUT2D eigenvalue weighted by molar-refractivity contribution is 0.354. The second-order valence-electron chi connectivity index (χ2n) is 11.2. The van der Waals surface area contributed by atoms with Crippen molar-refractivity contribution in [3.05, 3.63) is 109 Å². The first-order valence-electron chi connectivity index (χ1n) is 13.1. The quantitative estimate of drug-likeness (QED) is 0.161. The van der Waals surface area contributed by atoms with Crippen molar-refractivity contribution in [2.75, 3.05) is 14.2 Å². The van der Waals surface area contributed by atoms with Crippen LogP contribution >= 0.6 is 7.26 Å². The molecule has 0 heterocycles. The predicted octanol–water partition coefficient (Wildman–Crippen LogP) is 7.58. The van der Waals surface area contributed by atoms with Crippen molar-refractivity contribution in [1.82, 2.24) is 0 Å². The minimum atomic E-state index is -2.12. The van der Waals surface area contributed by atoms with E-state index in [2.05, 4.69) is 137 Å². The highest BCUT2D eigenvalue weighted by molar-refractivity contribution is 7.95. The van der Waals surface area contributed by atoms with Crippen LogP contribution in [0.5, 0.6) is 17.2 Å². The molecule has 0 aliphatic heterocycles. The van der Waals surface area contributed by atoms with Crippen LogP contribution in [0, 0.1) is 0 Å². The Hall–Kier alpha value is -3.07. The van der Waals surface area contributed by atoms with E-state index in [9.17, 15) is 0 Å². The number of hydrogen-bond acceptors (Lipinski definition) is 3. The summed E-state index contributed by atoms with van der Waals surface area (Å²) in [6, 6.07) is 37.1. The smallest absolute Gasteiger partial charge is 0.250 e. The summed E-state index contributed by atoms with van der Waals surface area (Å²) in [5, 5.41) is 4.09. The number of ether oxygens (including phenoxy) is 2. The van der Waals surface area contributed by atoms with Crippen LogP contribution in [0.1, 0.15) is 26.3 Å². The average molecular weight is 544 g/mol. The van der Waals surface area contributed by atoms with Crippen molar-refractivity contribution >= 4 is 31.5 Å². The molecule has 0 aromatic heterocycles. The minimum Gasteiger partial charge on any atom is -0.539 e. The molecule has 38 heavy (non-hydrogen) atoms. The average Bonchev–Trinajstić information content (AvgIpc) is 2.93. The third kappa shape index (κ3) is 5.53. The van der Waals surface area contributed by atoms with Gasteiger partial charge in [-0.15, -0.1) is 0 Å². The maximum absolute atomic E-state index is 6.75. The first-order chi connectivity index (χ1) is 18.1. The summed E-state index contributed by atoms with van der Waals surface area (Å²) in [4.78, 5) is 0. The molecule has 4 aromatic rings. The minimum absolute atomic E-state index is 0.0519. The number of rotatable bonds is 9. The SMILES string of the molecule is COc1cc(C[P+](c2ccccc2)(c2ccccc2)c2ccccc2)cc(OC)c1O[Si](C)(C)C(C)(C)C.